The van der Waals surface area contributed by atoms with Gasteiger partial charge in [0, 0.05) is 25.7 Å². The van der Waals surface area contributed by atoms with Crippen LogP contribution in [0, 0.1) is 11.8 Å². The Morgan fingerprint density at radius 2 is 1.48 bits per heavy atom. The van der Waals surface area contributed by atoms with Gasteiger partial charge in [-0.05, 0) is 79.9 Å². The van der Waals surface area contributed by atoms with Crippen LogP contribution in [-0.4, -0.2) is 47.4 Å². The van der Waals surface area contributed by atoms with Crippen molar-refractivity contribution in [3.8, 4) is 0 Å². The summed E-state index contributed by atoms with van der Waals surface area (Å²) in [6.07, 6.45) is 17.0. The summed E-state index contributed by atoms with van der Waals surface area (Å²) in [4.78, 5) is 24.4. The van der Waals surface area contributed by atoms with Crippen LogP contribution in [0.1, 0.15) is 153 Å². The Morgan fingerprint density at radius 3 is 2.04 bits per heavy atom. The Balaban J connectivity index is 3.35. The van der Waals surface area contributed by atoms with E-state index in [1.807, 2.05) is 0 Å². The average molecular weight is 709 g/mol. The molecule has 0 saturated carbocycles. The minimum absolute atomic E-state index is 0.0264. The molecule has 1 aliphatic carbocycles. The van der Waals surface area contributed by atoms with Gasteiger partial charge in [0.25, 0.3) is 0 Å². The first-order valence-corrected chi connectivity index (χ1v) is 25.1. The molecular weight excluding hydrogens is 633 g/mol. The lowest BCUT2D eigenvalue weighted by molar-refractivity contribution is -0.144. The molecule has 0 fully saturated rings. The van der Waals surface area contributed by atoms with E-state index in [0.29, 0.717) is 25.4 Å². The molecule has 280 valence electrons. The van der Waals surface area contributed by atoms with Crippen molar-refractivity contribution in [3.05, 3.63) is 23.5 Å². The van der Waals surface area contributed by atoms with Crippen LogP contribution in [0.3, 0.4) is 0 Å². The summed E-state index contributed by atoms with van der Waals surface area (Å²) in [5.41, 5.74) is 1.19. The molecule has 1 aliphatic rings. The van der Waals surface area contributed by atoms with E-state index in [9.17, 15) is 9.59 Å². The molecule has 6 nitrogen and oxygen atoms in total. The molecule has 0 aromatic carbocycles. The highest BCUT2D eigenvalue weighted by Crippen LogP contribution is 2.45. The van der Waals surface area contributed by atoms with Crippen LogP contribution in [0.15, 0.2) is 23.5 Å². The number of ether oxygens (including phenoxy) is 2. The Hall–Kier alpha value is -1.23. The van der Waals surface area contributed by atoms with E-state index < -0.39 is 16.6 Å². The molecule has 0 unspecified atom stereocenters. The monoisotopic (exact) mass is 709 g/mol. The zero-order valence-corrected chi connectivity index (χ0v) is 35.8. The highest BCUT2D eigenvalue weighted by Gasteiger charge is 2.44. The van der Waals surface area contributed by atoms with Gasteiger partial charge in [-0.1, -0.05) is 113 Å². The molecule has 8 heteroatoms. The van der Waals surface area contributed by atoms with E-state index in [4.69, 9.17) is 18.3 Å². The number of esters is 2. The smallest absolute Gasteiger partial charge is 0.307 e. The highest BCUT2D eigenvalue weighted by atomic mass is 28.4. The Labute approximate surface area is 298 Å². The maximum absolute atomic E-state index is 12.3. The van der Waals surface area contributed by atoms with Crippen LogP contribution in [0.2, 0.25) is 36.3 Å². The maximum atomic E-state index is 12.3. The first kappa shape index (κ1) is 44.8. The van der Waals surface area contributed by atoms with Gasteiger partial charge >= 0.3 is 11.9 Å². The molecule has 0 aromatic rings. The van der Waals surface area contributed by atoms with Crippen molar-refractivity contribution < 1.29 is 27.9 Å². The first-order valence-electron chi connectivity index (χ1n) is 19.2. The third-order valence-corrected chi connectivity index (χ3v) is 19.9. The number of hydrogen-bond donors (Lipinski definition) is 0. The van der Waals surface area contributed by atoms with Gasteiger partial charge in [0.15, 0.2) is 16.6 Å². The lowest BCUT2D eigenvalue weighted by atomic mass is 9.92. The van der Waals surface area contributed by atoms with Crippen molar-refractivity contribution in [1.29, 1.82) is 0 Å². The van der Waals surface area contributed by atoms with E-state index in [-0.39, 0.29) is 40.1 Å². The fourth-order valence-corrected chi connectivity index (χ4v) is 8.35. The molecule has 0 amide bonds. The Morgan fingerprint density at radius 1 is 0.875 bits per heavy atom. The molecule has 48 heavy (non-hydrogen) atoms. The zero-order chi connectivity index (χ0) is 36.8. The lowest BCUT2D eigenvalue weighted by Crippen LogP contribution is -2.45. The first-order chi connectivity index (χ1) is 22.1. The summed E-state index contributed by atoms with van der Waals surface area (Å²) in [7, 11) is -4.13. The van der Waals surface area contributed by atoms with E-state index in [1.165, 1.54) is 31.8 Å². The van der Waals surface area contributed by atoms with E-state index in [2.05, 4.69) is 101 Å². The molecule has 0 N–H and O–H groups in total. The average Bonchev–Trinajstić information content (AvgIpc) is 3.24. The van der Waals surface area contributed by atoms with Gasteiger partial charge in [-0.2, -0.15) is 0 Å². The summed E-state index contributed by atoms with van der Waals surface area (Å²) in [6, 6.07) is 0. The van der Waals surface area contributed by atoms with Crippen molar-refractivity contribution in [3.63, 3.8) is 0 Å². The molecule has 0 bridgehead atoms. The van der Waals surface area contributed by atoms with Crippen molar-refractivity contribution in [2.75, 3.05) is 6.61 Å². The number of hydrogen-bond acceptors (Lipinski definition) is 6. The predicted octanol–water partition coefficient (Wildman–Crippen LogP) is 12.1. The van der Waals surface area contributed by atoms with Crippen LogP contribution in [0.25, 0.3) is 0 Å². The van der Waals surface area contributed by atoms with Crippen molar-refractivity contribution >= 4 is 28.6 Å². The quantitative estimate of drug-likeness (QED) is 0.0482. The maximum Gasteiger partial charge on any atom is 0.307 e. The third kappa shape index (κ3) is 15.8. The molecule has 0 aliphatic heterocycles. The molecule has 0 spiro atoms. The number of carbonyl (C=O) groups excluding carboxylic acids is 2. The summed E-state index contributed by atoms with van der Waals surface area (Å²) in [5.74, 6) is 1.02. The van der Waals surface area contributed by atoms with Gasteiger partial charge in [-0.3, -0.25) is 9.59 Å². The van der Waals surface area contributed by atoms with Gasteiger partial charge < -0.3 is 18.3 Å². The van der Waals surface area contributed by atoms with Crippen molar-refractivity contribution in [2.24, 2.45) is 11.8 Å². The van der Waals surface area contributed by atoms with E-state index in [0.717, 1.165) is 57.1 Å². The van der Waals surface area contributed by atoms with Crippen LogP contribution in [0.5, 0.6) is 0 Å². The van der Waals surface area contributed by atoms with Crippen LogP contribution in [0.4, 0.5) is 0 Å². The van der Waals surface area contributed by atoms with E-state index >= 15 is 0 Å². The third-order valence-electron chi connectivity index (χ3n) is 10.9. The molecular formula is C40H76O6Si2. The standard InChI is InChI=1S/C40H76O6Si2/c1-15-17-23-31(3)29-33(45-47(11,12)39(5,6)7)26-27-35-34(24-21-19-20-22-25-38(42)43-28-18-16-2)36(44-32(4)41)30-37(35)46-48(13,14)40(8,9)10/h26-27,31,33,35,37H,15-25,28-30H2,1-14H3/b27-26+/t31-,33+,35+,37+/m0/s1. The molecule has 0 aromatic heterocycles. The second kappa shape index (κ2) is 20.6. The van der Waals surface area contributed by atoms with Crippen molar-refractivity contribution in [2.45, 2.75) is 201 Å². The summed E-state index contributed by atoms with van der Waals surface area (Å²) < 4.78 is 25.5. The molecule has 4 atom stereocenters. The second-order valence-corrected chi connectivity index (χ2v) is 27.0. The normalized spacial score (nSPS) is 19.2. The van der Waals surface area contributed by atoms with Gasteiger partial charge in [0.2, 0.25) is 0 Å². The predicted molar refractivity (Wildman–Crippen MR) is 207 cm³/mol. The Kier molecular flexibility index (Phi) is 19.2. The lowest BCUT2D eigenvalue weighted by Gasteiger charge is -2.40. The fourth-order valence-electron chi connectivity index (χ4n) is 5.72. The van der Waals surface area contributed by atoms with Gasteiger partial charge in [0.05, 0.1) is 18.8 Å². The molecule has 1 rings (SSSR count). The minimum atomic E-state index is -2.11. The summed E-state index contributed by atoms with van der Waals surface area (Å²) in [6.45, 7) is 31.8. The number of carbonyl (C=O) groups is 2. The molecule has 0 saturated heterocycles. The summed E-state index contributed by atoms with van der Waals surface area (Å²) in [5, 5.41) is 0.179. The van der Waals surface area contributed by atoms with Crippen LogP contribution < -0.4 is 0 Å². The Bertz CT molecular complexity index is 1030. The van der Waals surface area contributed by atoms with Gasteiger partial charge in [-0.25, -0.2) is 0 Å². The van der Waals surface area contributed by atoms with Crippen LogP contribution >= 0.6 is 0 Å². The minimum Gasteiger partial charge on any atom is -0.466 e. The highest BCUT2D eigenvalue weighted by molar-refractivity contribution is 6.74. The SMILES string of the molecule is CCCCOC(=O)CCCCCCC1=C(OC(C)=O)C[C@@H](O[Si](C)(C)C(C)(C)C)[C@@H]1/C=C/[C@H](C[C@@H](C)CCCC)O[Si](C)(C)C(C)(C)C. The fraction of sp³-hybridized carbons (Fsp3) is 0.850. The van der Waals surface area contributed by atoms with Gasteiger partial charge in [-0.15, -0.1) is 0 Å². The van der Waals surface area contributed by atoms with Crippen molar-refractivity contribution in [1.82, 2.24) is 0 Å². The summed E-state index contributed by atoms with van der Waals surface area (Å²) >= 11 is 0. The van der Waals surface area contributed by atoms with Gasteiger partial charge in [0.1, 0.15) is 5.76 Å². The largest absolute Gasteiger partial charge is 0.466 e. The topological polar surface area (TPSA) is 71.1 Å². The zero-order valence-electron chi connectivity index (χ0n) is 33.8. The number of unbranched alkanes of at least 4 members (excludes halogenated alkanes) is 5. The van der Waals surface area contributed by atoms with E-state index in [1.54, 1.807) is 0 Å². The number of rotatable bonds is 22. The molecule has 0 heterocycles. The van der Waals surface area contributed by atoms with Crippen LogP contribution in [-0.2, 0) is 27.9 Å². The second-order valence-electron chi connectivity index (χ2n) is 17.5. The molecule has 0 radical (unpaired) electrons.